The summed E-state index contributed by atoms with van der Waals surface area (Å²) in [7, 11) is 0. The number of aromatic nitrogens is 4. The van der Waals surface area contributed by atoms with Crippen molar-refractivity contribution in [3.63, 3.8) is 0 Å². The molecule has 0 bridgehead atoms. The Kier molecular flexibility index (Phi) is 4.58. The molecule has 0 aliphatic rings. The molecular weight excluding hydrogens is 500 g/mol. The standard InChI is InChI=1S/C37H24N4/c1-3-11-25(12-4-1)40-33-22-21-28-27-15-7-10-18-32(27)41(26-13-5-2-6-14-26)36(28)35(33)29-20-19-24(23-34(29)40)37-38-30-16-8-9-17-31(30)39-37/h1-23H,(H,38,39). The molecule has 0 fully saturated rings. The molecule has 0 spiro atoms. The van der Waals surface area contributed by atoms with E-state index in [9.17, 15) is 0 Å². The number of para-hydroxylation sites is 5. The Labute approximate surface area is 235 Å². The van der Waals surface area contributed by atoms with Gasteiger partial charge in [-0.1, -0.05) is 84.9 Å². The summed E-state index contributed by atoms with van der Waals surface area (Å²) in [6, 6.07) is 49.6. The fourth-order valence-electron chi connectivity index (χ4n) is 6.49. The molecule has 0 saturated heterocycles. The maximum absolute atomic E-state index is 4.91. The molecule has 192 valence electrons. The van der Waals surface area contributed by atoms with Gasteiger partial charge in [-0.15, -0.1) is 0 Å². The lowest BCUT2D eigenvalue weighted by Gasteiger charge is -2.10. The van der Waals surface area contributed by atoms with E-state index in [1.54, 1.807) is 0 Å². The quantitative estimate of drug-likeness (QED) is 0.246. The summed E-state index contributed by atoms with van der Waals surface area (Å²) < 4.78 is 4.82. The van der Waals surface area contributed by atoms with Gasteiger partial charge in [0.2, 0.25) is 0 Å². The Morgan fingerprint density at radius 2 is 1.17 bits per heavy atom. The van der Waals surface area contributed by atoms with Gasteiger partial charge in [-0.25, -0.2) is 4.98 Å². The van der Waals surface area contributed by atoms with Gasteiger partial charge in [-0.3, -0.25) is 0 Å². The Morgan fingerprint density at radius 1 is 0.488 bits per heavy atom. The highest BCUT2D eigenvalue weighted by atomic mass is 15.0. The molecule has 3 heterocycles. The summed E-state index contributed by atoms with van der Waals surface area (Å²) in [6.07, 6.45) is 0. The van der Waals surface area contributed by atoms with Crippen LogP contribution in [0.2, 0.25) is 0 Å². The zero-order valence-electron chi connectivity index (χ0n) is 22.1. The molecule has 9 aromatic rings. The van der Waals surface area contributed by atoms with Crippen molar-refractivity contribution in [2.75, 3.05) is 0 Å². The van der Waals surface area contributed by atoms with Gasteiger partial charge >= 0.3 is 0 Å². The molecule has 0 aliphatic carbocycles. The first-order valence-corrected chi connectivity index (χ1v) is 13.9. The topological polar surface area (TPSA) is 38.5 Å². The van der Waals surface area contributed by atoms with Crippen LogP contribution in [0.4, 0.5) is 0 Å². The Balaban J connectivity index is 1.45. The van der Waals surface area contributed by atoms with Crippen LogP contribution in [-0.2, 0) is 0 Å². The maximum Gasteiger partial charge on any atom is 0.138 e. The summed E-state index contributed by atoms with van der Waals surface area (Å²) >= 11 is 0. The lowest BCUT2D eigenvalue weighted by atomic mass is 10.1. The van der Waals surface area contributed by atoms with Crippen LogP contribution in [0.25, 0.3) is 77.4 Å². The Morgan fingerprint density at radius 3 is 1.98 bits per heavy atom. The minimum Gasteiger partial charge on any atom is -0.338 e. The van der Waals surface area contributed by atoms with Gasteiger partial charge in [-0.05, 0) is 54.6 Å². The zero-order chi connectivity index (χ0) is 26.9. The van der Waals surface area contributed by atoms with E-state index < -0.39 is 0 Å². The fourth-order valence-corrected chi connectivity index (χ4v) is 6.49. The van der Waals surface area contributed by atoms with E-state index in [1.807, 2.05) is 18.2 Å². The molecule has 0 aliphatic heterocycles. The van der Waals surface area contributed by atoms with E-state index in [0.717, 1.165) is 39.3 Å². The number of fused-ring (bicyclic) bond motifs is 8. The first-order valence-electron chi connectivity index (χ1n) is 13.9. The first-order chi connectivity index (χ1) is 20.3. The van der Waals surface area contributed by atoms with Crippen LogP contribution in [0, 0.1) is 0 Å². The number of imidazole rings is 1. The summed E-state index contributed by atoms with van der Waals surface area (Å²) in [5.74, 6) is 0.876. The van der Waals surface area contributed by atoms with Gasteiger partial charge in [0.15, 0.2) is 0 Å². The van der Waals surface area contributed by atoms with Crippen molar-refractivity contribution >= 4 is 54.6 Å². The second kappa shape index (κ2) is 8.44. The SMILES string of the molecule is c1ccc(-n2c3cc(-c4nc5ccccc5[nH]4)ccc3c3c2ccc2c4ccccc4n(-c4ccccc4)c23)cc1. The predicted molar refractivity (Wildman–Crippen MR) is 170 cm³/mol. The summed E-state index contributed by atoms with van der Waals surface area (Å²) in [5, 5.41) is 4.98. The van der Waals surface area contributed by atoms with E-state index in [0.29, 0.717) is 0 Å². The number of H-pyrrole nitrogens is 1. The molecule has 0 radical (unpaired) electrons. The Bertz CT molecular complexity index is 2370. The molecule has 1 N–H and O–H groups in total. The normalized spacial score (nSPS) is 11.9. The third-order valence-electron chi connectivity index (χ3n) is 8.26. The van der Waals surface area contributed by atoms with Crippen LogP contribution < -0.4 is 0 Å². The molecule has 9 rings (SSSR count). The largest absolute Gasteiger partial charge is 0.338 e. The highest BCUT2D eigenvalue weighted by Gasteiger charge is 2.21. The highest BCUT2D eigenvalue weighted by Crippen LogP contribution is 2.42. The number of benzene rings is 6. The number of nitrogens with zero attached hydrogens (tertiary/aromatic N) is 3. The molecule has 4 nitrogen and oxygen atoms in total. The summed E-state index contributed by atoms with van der Waals surface area (Å²) in [6.45, 7) is 0. The molecule has 0 atom stereocenters. The first kappa shape index (κ1) is 22.2. The van der Waals surface area contributed by atoms with Crippen molar-refractivity contribution in [3.8, 4) is 22.8 Å². The smallest absolute Gasteiger partial charge is 0.138 e. The average Bonchev–Trinajstić information content (AvgIpc) is 3.71. The average molecular weight is 525 g/mol. The molecular formula is C37H24N4. The lowest BCUT2D eigenvalue weighted by Crippen LogP contribution is -1.95. The minimum atomic E-state index is 0.876. The van der Waals surface area contributed by atoms with Crippen LogP contribution in [0.15, 0.2) is 140 Å². The van der Waals surface area contributed by atoms with E-state index in [1.165, 1.54) is 38.1 Å². The van der Waals surface area contributed by atoms with Crippen LogP contribution in [-0.4, -0.2) is 19.1 Å². The van der Waals surface area contributed by atoms with Crippen molar-refractivity contribution in [3.05, 3.63) is 140 Å². The molecule has 4 heteroatoms. The number of aromatic amines is 1. The van der Waals surface area contributed by atoms with Gasteiger partial charge in [-0.2, -0.15) is 0 Å². The fraction of sp³-hybridized carbons (Fsp3) is 0. The monoisotopic (exact) mass is 524 g/mol. The zero-order valence-corrected chi connectivity index (χ0v) is 22.1. The number of rotatable bonds is 3. The van der Waals surface area contributed by atoms with Gasteiger partial charge < -0.3 is 14.1 Å². The molecule has 3 aromatic heterocycles. The molecule has 0 unspecified atom stereocenters. The van der Waals surface area contributed by atoms with Crippen LogP contribution in [0.3, 0.4) is 0 Å². The molecule has 0 saturated carbocycles. The van der Waals surface area contributed by atoms with Crippen LogP contribution in [0.5, 0.6) is 0 Å². The highest BCUT2D eigenvalue weighted by molar-refractivity contribution is 6.26. The van der Waals surface area contributed by atoms with E-state index in [4.69, 9.17) is 4.98 Å². The van der Waals surface area contributed by atoms with Gasteiger partial charge in [0.25, 0.3) is 0 Å². The summed E-state index contributed by atoms with van der Waals surface area (Å²) in [5.41, 5.74) is 10.1. The molecule has 6 aromatic carbocycles. The third kappa shape index (κ3) is 3.19. The van der Waals surface area contributed by atoms with E-state index in [-0.39, 0.29) is 0 Å². The van der Waals surface area contributed by atoms with E-state index >= 15 is 0 Å². The maximum atomic E-state index is 4.91. The summed E-state index contributed by atoms with van der Waals surface area (Å²) in [4.78, 5) is 8.43. The van der Waals surface area contributed by atoms with Gasteiger partial charge in [0.1, 0.15) is 5.82 Å². The van der Waals surface area contributed by atoms with Crippen molar-refractivity contribution in [2.24, 2.45) is 0 Å². The lowest BCUT2D eigenvalue weighted by molar-refractivity contribution is 1.17. The Hall–Kier alpha value is -5.61. The van der Waals surface area contributed by atoms with Gasteiger partial charge in [0, 0.05) is 38.5 Å². The van der Waals surface area contributed by atoms with Crippen molar-refractivity contribution in [1.82, 2.24) is 19.1 Å². The second-order valence-electron chi connectivity index (χ2n) is 10.5. The number of nitrogens with one attached hydrogen (secondary N) is 1. The van der Waals surface area contributed by atoms with Crippen LogP contribution in [0.1, 0.15) is 0 Å². The number of hydrogen-bond acceptors (Lipinski definition) is 1. The van der Waals surface area contributed by atoms with Crippen molar-refractivity contribution < 1.29 is 0 Å². The van der Waals surface area contributed by atoms with Gasteiger partial charge in [0.05, 0.1) is 33.1 Å². The minimum absolute atomic E-state index is 0.876. The molecule has 41 heavy (non-hydrogen) atoms. The number of hydrogen-bond donors (Lipinski definition) is 1. The predicted octanol–water partition coefficient (Wildman–Crippen LogP) is 9.42. The van der Waals surface area contributed by atoms with Crippen LogP contribution >= 0.6 is 0 Å². The van der Waals surface area contributed by atoms with Crippen molar-refractivity contribution in [1.29, 1.82) is 0 Å². The second-order valence-corrected chi connectivity index (χ2v) is 10.5. The third-order valence-corrected chi connectivity index (χ3v) is 8.26. The molecule has 0 amide bonds. The van der Waals surface area contributed by atoms with Crippen molar-refractivity contribution in [2.45, 2.75) is 0 Å². The van der Waals surface area contributed by atoms with E-state index in [2.05, 4.69) is 135 Å².